The molecule has 1 aliphatic rings. The number of rotatable bonds is 7. The maximum atomic E-state index is 8.92. The quantitative estimate of drug-likeness (QED) is 0.607. The molecule has 0 aromatic rings. The summed E-state index contributed by atoms with van der Waals surface area (Å²) in [5, 5.41) is 12.0. The number of likely N-dealkylation sites (N-methyl/N-ethyl adjacent to an activating group) is 1. The second kappa shape index (κ2) is 7.21. The molecule has 0 amide bonds. The van der Waals surface area contributed by atoms with E-state index < -0.39 is 0 Å². The highest BCUT2D eigenvalue weighted by molar-refractivity contribution is 4.67. The molecule has 14 heavy (non-hydrogen) atoms. The van der Waals surface area contributed by atoms with Crippen molar-refractivity contribution in [3.63, 3.8) is 0 Å². The van der Waals surface area contributed by atoms with Crippen molar-refractivity contribution >= 4 is 0 Å². The van der Waals surface area contributed by atoms with E-state index in [2.05, 4.69) is 5.32 Å². The van der Waals surface area contributed by atoms with Gasteiger partial charge in [-0.05, 0) is 32.2 Å². The number of aliphatic hydroxyl groups excluding tert-OH is 1. The van der Waals surface area contributed by atoms with Gasteiger partial charge in [-0.15, -0.1) is 0 Å². The molecular formula is C11H23NO2. The summed E-state index contributed by atoms with van der Waals surface area (Å²) in [7, 11) is 1.87. The topological polar surface area (TPSA) is 41.5 Å². The zero-order valence-corrected chi connectivity index (χ0v) is 9.17. The summed E-state index contributed by atoms with van der Waals surface area (Å²) >= 11 is 0. The van der Waals surface area contributed by atoms with Crippen LogP contribution >= 0.6 is 0 Å². The number of ether oxygens (including phenoxy) is 1. The van der Waals surface area contributed by atoms with Gasteiger partial charge in [0, 0.05) is 19.3 Å². The molecular weight excluding hydrogens is 178 g/mol. The minimum atomic E-state index is 0.193. The Balaban J connectivity index is 1.92. The standard InChI is InChI=1S/C11H23NO2/c1-12-11(8-13)6-7-14-9-10-4-2-3-5-10/h10-13H,2-9H2,1H3. The Bertz CT molecular complexity index is 127. The summed E-state index contributed by atoms with van der Waals surface area (Å²) in [5.41, 5.74) is 0. The fourth-order valence-electron chi connectivity index (χ4n) is 1.98. The molecule has 84 valence electrons. The van der Waals surface area contributed by atoms with Gasteiger partial charge in [0.05, 0.1) is 6.61 Å². The highest BCUT2D eigenvalue weighted by atomic mass is 16.5. The minimum absolute atomic E-state index is 0.193. The van der Waals surface area contributed by atoms with Gasteiger partial charge >= 0.3 is 0 Å². The van der Waals surface area contributed by atoms with Crippen LogP contribution in [0.1, 0.15) is 32.1 Å². The Morgan fingerprint density at radius 3 is 2.71 bits per heavy atom. The lowest BCUT2D eigenvalue weighted by Crippen LogP contribution is -2.30. The third-order valence-corrected chi connectivity index (χ3v) is 3.07. The molecule has 1 saturated carbocycles. The summed E-state index contributed by atoms with van der Waals surface area (Å²) in [5.74, 6) is 0.803. The monoisotopic (exact) mass is 201 g/mol. The molecule has 2 N–H and O–H groups in total. The number of hydrogen-bond acceptors (Lipinski definition) is 3. The predicted octanol–water partition coefficient (Wildman–Crippen LogP) is 1.16. The van der Waals surface area contributed by atoms with E-state index in [4.69, 9.17) is 9.84 Å². The average Bonchev–Trinajstić information content (AvgIpc) is 2.71. The van der Waals surface area contributed by atoms with Crippen molar-refractivity contribution in [2.75, 3.05) is 26.9 Å². The van der Waals surface area contributed by atoms with Crippen LogP contribution in [0.4, 0.5) is 0 Å². The molecule has 3 heteroatoms. The Labute approximate surface area is 86.8 Å². The summed E-state index contributed by atoms with van der Waals surface area (Å²) in [6, 6.07) is 0.193. The van der Waals surface area contributed by atoms with Crippen LogP contribution in [0.25, 0.3) is 0 Å². The van der Waals surface area contributed by atoms with Crippen molar-refractivity contribution in [2.24, 2.45) is 5.92 Å². The molecule has 1 atom stereocenters. The van der Waals surface area contributed by atoms with Gasteiger partial charge in [0.15, 0.2) is 0 Å². The smallest absolute Gasteiger partial charge is 0.0585 e. The van der Waals surface area contributed by atoms with Crippen LogP contribution in [-0.4, -0.2) is 38.0 Å². The number of aliphatic hydroxyl groups is 1. The second-order valence-corrected chi connectivity index (χ2v) is 4.18. The van der Waals surface area contributed by atoms with Crippen molar-refractivity contribution < 1.29 is 9.84 Å². The first-order valence-corrected chi connectivity index (χ1v) is 5.72. The third-order valence-electron chi connectivity index (χ3n) is 3.07. The molecule has 3 nitrogen and oxygen atoms in total. The van der Waals surface area contributed by atoms with Gasteiger partial charge in [-0.25, -0.2) is 0 Å². The lowest BCUT2D eigenvalue weighted by Gasteiger charge is -2.14. The molecule has 0 aromatic carbocycles. The third kappa shape index (κ3) is 4.40. The van der Waals surface area contributed by atoms with Crippen LogP contribution in [0.15, 0.2) is 0 Å². The van der Waals surface area contributed by atoms with E-state index in [1.807, 2.05) is 7.05 Å². The first-order chi connectivity index (χ1) is 6.86. The molecule has 0 aromatic heterocycles. The largest absolute Gasteiger partial charge is 0.395 e. The van der Waals surface area contributed by atoms with Crippen LogP contribution in [0.2, 0.25) is 0 Å². The molecule has 1 fully saturated rings. The van der Waals surface area contributed by atoms with Crippen LogP contribution in [0.3, 0.4) is 0 Å². The molecule has 0 bridgehead atoms. The zero-order chi connectivity index (χ0) is 10.2. The summed E-state index contributed by atoms with van der Waals surface area (Å²) in [4.78, 5) is 0. The van der Waals surface area contributed by atoms with E-state index in [-0.39, 0.29) is 12.6 Å². The highest BCUT2D eigenvalue weighted by Crippen LogP contribution is 2.24. The van der Waals surface area contributed by atoms with Gasteiger partial charge in [0.25, 0.3) is 0 Å². The van der Waals surface area contributed by atoms with Gasteiger partial charge < -0.3 is 15.2 Å². The molecule has 1 rings (SSSR count). The first-order valence-electron chi connectivity index (χ1n) is 5.72. The molecule has 0 spiro atoms. The van der Waals surface area contributed by atoms with E-state index in [9.17, 15) is 0 Å². The van der Waals surface area contributed by atoms with Crippen molar-refractivity contribution in [3.8, 4) is 0 Å². The van der Waals surface area contributed by atoms with Gasteiger partial charge in [-0.1, -0.05) is 12.8 Å². The second-order valence-electron chi connectivity index (χ2n) is 4.18. The predicted molar refractivity (Wildman–Crippen MR) is 57.3 cm³/mol. The zero-order valence-electron chi connectivity index (χ0n) is 9.17. The van der Waals surface area contributed by atoms with E-state index in [0.29, 0.717) is 0 Å². The fourth-order valence-corrected chi connectivity index (χ4v) is 1.98. The van der Waals surface area contributed by atoms with E-state index in [1.165, 1.54) is 25.7 Å². The van der Waals surface area contributed by atoms with Gasteiger partial charge in [0.2, 0.25) is 0 Å². The molecule has 0 saturated heterocycles. The molecule has 0 aliphatic heterocycles. The maximum absolute atomic E-state index is 8.92. The summed E-state index contributed by atoms with van der Waals surface area (Å²) in [6.45, 7) is 1.88. The molecule has 0 radical (unpaired) electrons. The fraction of sp³-hybridized carbons (Fsp3) is 1.00. The highest BCUT2D eigenvalue weighted by Gasteiger charge is 2.14. The SMILES string of the molecule is CNC(CO)CCOCC1CCCC1. The summed E-state index contributed by atoms with van der Waals surface area (Å²) in [6.07, 6.45) is 6.35. The maximum Gasteiger partial charge on any atom is 0.0585 e. The van der Waals surface area contributed by atoms with Crippen LogP contribution in [-0.2, 0) is 4.74 Å². The van der Waals surface area contributed by atoms with Crippen LogP contribution < -0.4 is 5.32 Å². The lowest BCUT2D eigenvalue weighted by atomic mass is 10.1. The van der Waals surface area contributed by atoms with Crippen molar-refractivity contribution in [3.05, 3.63) is 0 Å². The number of hydrogen-bond donors (Lipinski definition) is 2. The van der Waals surface area contributed by atoms with Crippen LogP contribution in [0.5, 0.6) is 0 Å². The van der Waals surface area contributed by atoms with Crippen molar-refractivity contribution in [2.45, 2.75) is 38.1 Å². The molecule has 1 aliphatic carbocycles. The molecule has 1 unspecified atom stereocenters. The van der Waals surface area contributed by atoms with Crippen molar-refractivity contribution in [1.82, 2.24) is 5.32 Å². The Morgan fingerprint density at radius 2 is 2.14 bits per heavy atom. The first kappa shape index (κ1) is 12.0. The number of nitrogens with one attached hydrogen (secondary N) is 1. The van der Waals surface area contributed by atoms with Crippen molar-refractivity contribution in [1.29, 1.82) is 0 Å². The van der Waals surface area contributed by atoms with E-state index >= 15 is 0 Å². The summed E-state index contributed by atoms with van der Waals surface area (Å²) < 4.78 is 5.60. The Morgan fingerprint density at radius 1 is 1.43 bits per heavy atom. The normalized spacial score (nSPS) is 20.1. The lowest BCUT2D eigenvalue weighted by molar-refractivity contribution is 0.0878. The van der Waals surface area contributed by atoms with Gasteiger partial charge in [-0.2, -0.15) is 0 Å². The average molecular weight is 201 g/mol. The Kier molecular flexibility index (Phi) is 6.15. The van der Waals surface area contributed by atoms with Gasteiger partial charge in [0.1, 0.15) is 0 Å². The van der Waals surface area contributed by atoms with E-state index in [0.717, 1.165) is 25.6 Å². The van der Waals surface area contributed by atoms with Gasteiger partial charge in [-0.3, -0.25) is 0 Å². The minimum Gasteiger partial charge on any atom is -0.395 e. The Hall–Kier alpha value is -0.120. The van der Waals surface area contributed by atoms with Crippen LogP contribution in [0, 0.1) is 5.92 Å². The van der Waals surface area contributed by atoms with E-state index in [1.54, 1.807) is 0 Å². The molecule has 0 heterocycles.